The van der Waals surface area contributed by atoms with Crippen LogP contribution < -0.4 is 14.2 Å². The van der Waals surface area contributed by atoms with Crippen molar-refractivity contribution in [3.63, 3.8) is 0 Å². The summed E-state index contributed by atoms with van der Waals surface area (Å²) in [4.78, 5) is 15.4. The topological polar surface area (TPSA) is 76.7 Å². The molecule has 0 radical (unpaired) electrons. The van der Waals surface area contributed by atoms with E-state index in [0.29, 0.717) is 23.8 Å². The monoisotopic (exact) mass is 449 g/mol. The summed E-state index contributed by atoms with van der Waals surface area (Å²) in [6, 6.07) is 13.3. The van der Waals surface area contributed by atoms with E-state index in [1.807, 2.05) is 68.1 Å². The molecule has 33 heavy (non-hydrogen) atoms. The first-order valence-electron chi connectivity index (χ1n) is 11.2. The molecule has 1 unspecified atom stereocenters. The van der Waals surface area contributed by atoms with Crippen LogP contribution in [0.3, 0.4) is 0 Å². The summed E-state index contributed by atoms with van der Waals surface area (Å²) in [5.41, 5.74) is 3.58. The van der Waals surface area contributed by atoms with Gasteiger partial charge in [-0.15, -0.1) is 0 Å². The molecule has 0 aliphatic carbocycles. The van der Waals surface area contributed by atoms with Crippen molar-refractivity contribution in [2.45, 2.75) is 45.7 Å². The van der Waals surface area contributed by atoms with Crippen molar-refractivity contribution in [1.82, 2.24) is 15.1 Å². The Morgan fingerprint density at radius 1 is 1.03 bits per heavy atom. The first kappa shape index (κ1) is 22.7. The molecule has 1 aliphatic heterocycles. The fraction of sp³-hybridized carbons (Fsp3) is 0.385. The Morgan fingerprint density at radius 2 is 1.76 bits per heavy atom. The fourth-order valence-corrected chi connectivity index (χ4v) is 4.31. The number of carbonyl (C=O) groups excluding carboxylic acids is 1. The van der Waals surface area contributed by atoms with Crippen LogP contribution >= 0.6 is 0 Å². The van der Waals surface area contributed by atoms with E-state index < -0.39 is 5.54 Å². The molecule has 3 aromatic rings. The smallest absolute Gasteiger partial charge is 0.273 e. The summed E-state index contributed by atoms with van der Waals surface area (Å²) < 4.78 is 16.8. The highest BCUT2D eigenvalue weighted by Crippen LogP contribution is 2.47. The number of nitrogens with zero attached hydrogens (tertiary/aromatic N) is 2. The Balaban J connectivity index is 1.86. The van der Waals surface area contributed by atoms with Gasteiger partial charge in [0.1, 0.15) is 11.4 Å². The largest absolute Gasteiger partial charge is 0.497 e. The second-order valence-corrected chi connectivity index (χ2v) is 9.10. The highest BCUT2D eigenvalue weighted by Gasteiger charge is 2.46. The number of ether oxygens (including phenoxy) is 3. The molecule has 1 aliphatic rings. The first-order chi connectivity index (χ1) is 15.8. The van der Waals surface area contributed by atoms with Crippen LogP contribution in [0, 0.1) is 0 Å². The maximum atomic E-state index is 13.5. The average Bonchev–Trinajstić information content (AvgIpc) is 3.36. The van der Waals surface area contributed by atoms with Crippen molar-refractivity contribution < 1.29 is 19.0 Å². The van der Waals surface area contributed by atoms with Crippen LogP contribution in [0.1, 0.15) is 61.8 Å². The van der Waals surface area contributed by atoms with E-state index >= 15 is 0 Å². The van der Waals surface area contributed by atoms with Crippen molar-refractivity contribution in [3.8, 4) is 28.5 Å². The van der Waals surface area contributed by atoms with Crippen LogP contribution in [0.15, 0.2) is 42.5 Å². The minimum atomic E-state index is -0.413. The summed E-state index contributed by atoms with van der Waals surface area (Å²) in [6.45, 7) is 8.80. The van der Waals surface area contributed by atoms with E-state index in [9.17, 15) is 4.79 Å². The van der Waals surface area contributed by atoms with Crippen LogP contribution in [0.25, 0.3) is 11.3 Å². The quantitative estimate of drug-likeness (QED) is 0.535. The zero-order valence-electron chi connectivity index (χ0n) is 20.1. The second kappa shape index (κ2) is 8.81. The number of rotatable bonds is 7. The Labute approximate surface area is 194 Å². The van der Waals surface area contributed by atoms with Crippen molar-refractivity contribution in [1.29, 1.82) is 0 Å². The van der Waals surface area contributed by atoms with Gasteiger partial charge in [-0.3, -0.25) is 9.89 Å². The van der Waals surface area contributed by atoms with E-state index in [2.05, 4.69) is 17.1 Å². The molecule has 174 valence electrons. The fourth-order valence-electron chi connectivity index (χ4n) is 4.31. The standard InChI is InChI=1S/C26H31N3O4/c1-7-14-33-19-13-10-17(15-20(19)32-6)24-21-22(16-8-11-18(31-5)12-9-16)27-28-23(21)25(30)29(24)26(2,3)4/h8-13,15,24H,7,14H2,1-6H3,(H,27,28). The van der Waals surface area contributed by atoms with Crippen molar-refractivity contribution in [2.75, 3.05) is 20.8 Å². The van der Waals surface area contributed by atoms with E-state index in [0.717, 1.165) is 34.6 Å². The summed E-state index contributed by atoms with van der Waals surface area (Å²) in [5.74, 6) is 2.03. The maximum absolute atomic E-state index is 13.5. The van der Waals surface area contributed by atoms with Gasteiger partial charge in [0.25, 0.3) is 5.91 Å². The van der Waals surface area contributed by atoms with Gasteiger partial charge in [0, 0.05) is 16.7 Å². The lowest BCUT2D eigenvalue weighted by Crippen LogP contribution is -2.44. The SMILES string of the molecule is CCCOc1ccc(C2c3c(-c4ccc(OC)cc4)n[nH]c3C(=O)N2C(C)(C)C)cc1OC. The first-order valence-corrected chi connectivity index (χ1v) is 11.2. The highest BCUT2D eigenvalue weighted by atomic mass is 16.5. The molecule has 4 rings (SSSR count). The molecule has 7 nitrogen and oxygen atoms in total. The Morgan fingerprint density at radius 3 is 2.36 bits per heavy atom. The lowest BCUT2D eigenvalue weighted by molar-refractivity contribution is 0.0545. The van der Waals surface area contributed by atoms with E-state index in [1.54, 1.807) is 14.2 Å². The molecule has 2 heterocycles. The predicted molar refractivity (Wildman–Crippen MR) is 127 cm³/mol. The molecule has 1 amide bonds. The summed E-state index contributed by atoms with van der Waals surface area (Å²) in [6.07, 6.45) is 0.906. The Bertz CT molecular complexity index is 1150. The molecule has 1 atom stereocenters. The summed E-state index contributed by atoms with van der Waals surface area (Å²) >= 11 is 0. The van der Waals surface area contributed by atoms with Crippen molar-refractivity contribution in [3.05, 3.63) is 59.3 Å². The lowest BCUT2D eigenvalue weighted by Gasteiger charge is -2.38. The van der Waals surface area contributed by atoms with Gasteiger partial charge in [-0.25, -0.2) is 0 Å². The molecule has 2 aromatic carbocycles. The number of aromatic nitrogens is 2. The van der Waals surface area contributed by atoms with E-state index in [-0.39, 0.29) is 11.9 Å². The zero-order chi connectivity index (χ0) is 23.8. The third-order valence-corrected chi connectivity index (χ3v) is 5.82. The van der Waals surface area contributed by atoms with Crippen LogP contribution in [0.5, 0.6) is 17.2 Å². The minimum Gasteiger partial charge on any atom is -0.497 e. The third kappa shape index (κ3) is 4.03. The maximum Gasteiger partial charge on any atom is 0.273 e. The van der Waals surface area contributed by atoms with Gasteiger partial charge >= 0.3 is 0 Å². The van der Waals surface area contributed by atoms with Crippen molar-refractivity contribution >= 4 is 5.91 Å². The summed E-state index contributed by atoms with van der Waals surface area (Å²) in [5, 5.41) is 7.54. The number of benzene rings is 2. The third-order valence-electron chi connectivity index (χ3n) is 5.82. The van der Waals surface area contributed by atoms with E-state index in [1.165, 1.54) is 0 Å². The van der Waals surface area contributed by atoms with Gasteiger partial charge < -0.3 is 19.1 Å². The van der Waals surface area contributed by atoms with Gasteiger partial charge in [-0.1, -0.05) is 13.0 Å². The lowest BCUT2D eigenvalue weighted by atomic mass is 9.93. The minimum absolute atomic E-state index is 0.0694. The number of amides is 1. The average molecular weight is 450 g/mol. The molecule has 0 spiro atoms. The van der Waals surface area contributed by atoms with E-state index in [4.69, 9.17) is 14.2 Å². The second-order valence-electron chi connectivity index (χ2n) is 9.10. The van der Waals surface area contributed by atoms with Gasteiger partial charge in [0.2, 0.25) is 0 Å². The molecule has 0 saturated carbocycles. The highest BCUT2D eigenvalue weighted by molar-refractivity contribution is 6.00. The van der Waals surface area contributed by atoms with Crippen LogP contribution in [-0.4, -0.2) is 47.4 Å². The molecular formula is C26H31N3O4. The number of fused-ring (bicyclic) bond motifs is 1. The number of H-pyrrole nitrogens is 1. The zero-order valence-corrected chi connectivity index (χ0v) is 20.1. The van der Waals surface area contributed by atoms with Gasteiger partial charge in [-0.2, -0.15) is 5.10 Å². The molecule has 0 saturated heterocycles. The number of aromatic amines is 1. The summed E-state index contributed by atoms with van der Waals surface area (Å²) in [7, 11) is 3.27. The molecule has 1 aromatic heterocycles. The van der Waals surface area contributed by atoms with Crippen molar-refractivity contribution in [2.24, 2.45) is 0 Å². The molecule has 1 N–H and O–H groups in total. The molecule has 0 bridgehead atoms. The Hall–Kier alpha value is -3.48. The predicted octanol–water partition coefficient (Wildman–Crippen LogP) is 5.23. The Kier molecular flexibility index (Phi) is 6.06. The van der Waals surface area contributed by atoms with Gasteiger partial charge in [0.05, 0.1) is 32.6 Å². The van der Waals surface area contributed by atoms with Crippen LogP contribution in [0.4, 0.5) is 0 Å². The molecule has 7 heteroatoms. The number of carbonyl (C=O) groups is 1. The normalized spacial score (nSPS) is 15.5. The number of methoxy groups -OCH3 is 2. The number of hydrogen-bond acceptors (Lipinski definition) is 5. The van der Waals surface area contributed by atoms with Gasteiger partial charge in [0.15, 0.2) is 11.5 Å². The van der Waals surface area contributed by atoms with Crippen LogP contribution in [-0.2, 0) is 0 Å². The van der Waals surface area contributed by atoms with Gasteiger partial charge in [-0.05, 0) is 69.2 Å². The van der Waals surface area contributed by atoms with Crippen LogP contribution in [0.2, 0.25) is 0 Å². The number of hydrogen-bond donors (Lipinski definition) is 1. The molecular weight excluding hydrogens is 418 g/mol. The number of nitrogens with one attached hydrogen (secondary N) is 1. The molecule has 0 fully saturated rings.